The topological polar surface area (TPSA) is 9.23 Å². The minimum Gasteiger partial charge on any atom is -0.364 e. The van der Waals surface area contributed by atoms with Crippen LogP contribution in [0.2, 0.25) is 37.8 Å². The van der Waals surface area contributed by atoms with E-state index in [9.17, 15) is 0 Å². The number of hydrogen-bond acceptors (Lipinski definition) is 3. The normalized spacial score (nSPS) is 28.9. The van der Waals surface area contributed by atoms with Gasteiger partial charge in [-0.2, -0.15) is 11.8 Å². The molecule has 0 aromatic heterocycles. The molecule has 0 aromatic rings. The SMILES string of the molecule is CC[Si](CC)(CC)C(SC)C1CCC(SC)([Si](C)(C)C)O1. The van der Waals surface area contributed by atoms with Gasteiger partial charge < -0.3 is 4.74 Å². The monoisotopic (exact) mass is 364 g/mol. The maximum Gasteiger partial charge on any atom is 0.101 e. The first-order valence-corrected chi connectivity index (χ1v) is 17.2. The van der Waals surface area contributed by atoms with Crippen LogP contribution in [-0.4, -0.2) is 44.2 Å². The predicted molar refractivity (Wildman–Crippen MR) is 108 cm³/mol. The molecule has 1 saturated heterocycles. The molecule has 1 aliphatic rings. The molecule has 1 aliphatic heterocycles. The lowest BCUT2D eigenvalue weighted by Crippen LogP contribution is -2.53. The van der Waals surface area contributed by atoms with Gasteiger partial charge in [0.15, 0.2) is 0 Å². The van der Waals surface area contributed by atoms with Crippen LogP contribution in [0.25, 0.3) is 0 Å². The average molecular weight is 365 g/mol. The third-order valence-corrected chi connectivity index (χ3v) is 20.8. The van der Waals surface area contributed by atoms with Crippen LogP contribution in [0.15, 0.2) is 0 Å². The summed E-state index contributed by atoms with van der Waals surface area (Å²) in [7, 11) is -2.52. The lowest BCUT2D eigenvalue weighted by molar-refractivity contribution is 0.0708. The number of rotatable bonds is 8. The summed E-state index contributed by atoms with van der Waals surface area (Å²) in [6, 6.07) is 4.22. The highest BCUT2D eigenvalue weighted by atomic mass is 32.2. The molecule has 5 heteroatoms. The van der Waals surface area contributed by atoms with E-state index < -0.39 is 16.1 Å². The summed E-state index contributed by atoms with van der Waals surface area (Å²) in [5, 5.41) is 0. The van der Waals surface area contributed by atoms with E-state index in [1.54, 1.807) is 0 Å². The van der Waals surface area contributed by atoms with Crippen molar-refractivity contribution in [2.75, 3.05) is 12.5 Å². The molecule has 0 N–H and O–H groups in total. The lowest BCUT2D eigenvalue weighted by atomic mass is 10.3. The fourth-order valence-corrected chi connectivity index (χ4v) is 16.2. The summed E-state index contributed by atoms with van der Waals surface area (Å²) in [4.78, 5) is 0.780. The molecular weight excluding hydrogens is 328 g/mol. The highest BCUT2D eigenvalue weighted by molar-refractivity contribution is 8.01. The van der Waals surface area contributed by atoms with E-state index in [4.69, 9.17) is 4.74 Å². The van der Waals surface area contributed by atoms with E-state index in [1.807, 2.05) is 11.8 Å². The van der Waals surface area contributed by atoms with Crippen LogP contribution in [0.4, 0.5) is 0 Å². The molecule has 1 nitrogen and oxygen atoms in total. The van der Waals surface area contributed by atoms with E-state index in [0.29, 0.717) is 6.10 Å². The summed E-state index contributed by atoms with van der Waals surface area (Å²) in [5.41, 5.74) is 0. The fourth-order valence-electron chi connectivity index (χ4n) is 4.07. The van der Waals surface area contributed by atoms with E-state index in [-0.39, 0.29) is 4.56 Å². The smallest absolute Gasteiger partial charge is 0.101 e. The number of thioether (sulfide) groups is 2. The maximum atomic E-state index is 6.87. The highest BCUT2D eigenvalue weighted by Crippen LogP contribution is 2.49. The van der Waals surface area contributed by atoms with Crippen LogP contribution in [0.5, 0.6) is 0 Å². The van der Waals surface area contributed by atoms with Crippen LogP contribution in [0, 0.1) is 0 Å². The van der Waals surface area contributed by atoms with Gasteiger partial charge in [0.05, 0.1) is 22.3 Å². The summed E-state index contributed by atoms with van der Waals surface area (Å²) in [6.45, 7) is 14.7. The standard InChI is InChI=1S/C16H36OS2Si2/c1-9-21(10-2,11-3)15(18-4)14-12-13-16(17-14,19-5)20(6,7)8/h14-15H,9-13H2,1-8H3. The lowest BCUT2D eigenvalue weighted by Gasteiger charge is -2.43. The second-order valence-corrected chi connectivity index (χ2v) is 21.1. The minimum absolute atomic E-state index is 0.154. The molecule has 0 amide bonds. The molecule has 1 heterocycles. The highest BCUT2D eigenvalue weighted by Gasteiger charge is 2.53. The maximum absolute atomic E-state index is 6.87. The van der Waals surface area contributed by atoms with E-state index in [0.717, 1.165) is 4.87 Å². The zero-order valence-electron chi connectivity index (χ0n) is 15.4. The van der Waals surface area contributed by atoms with Crippen molar-refractivity contribution in [2.45, 2.75) is 86.9 Å². The Labute approximate surface area is 143 Å². The minimum atomic E-state index is -1.32. The van der Waals surface area contributed by atoms with Crippen LogP contribution in [0.3, 0.4) is 0 Å². The molecule has 0 radical (unpaired) electrons. The van der Waals surface area contributed by atoms with Crippen molar-refractivity contribution >= 4 is 39.7 Å². The van der Waals surface area contributed by atoms with Crippen molar-refractivity contribution in [3.8, 4) is 0 Å². The molecule has 0 bridgehead atoms. The van der Waals surface area contributed by atoms with Gasteiger partial charge in [0, 0.05) is 4.87 Å². The van der Waals surface area contributed by atoms with E-state index in [1.165, 1.54) is 31.0 Å². The van der Waals surface area contributed by atoms with Gasteiger partial charge in [-0.15, -0.1) is 11.8 Å². The first-order valence-electron chi connectivity index (χ1n) is 8.51. The molecule has 0 spiro atoms. The van der Waals surface area contributed by atoms with Gasteiger partial charge >= 0.3 is 0 Å². The zero-order chi connectivity index (χ0) is 16.3. The number of ether oxygens (including phenoxy) is 1. The van der Waals surface area contributed by atoms with Crippen molar-refractivity contribution in [2.24, 2.45) is 0 Å². The van der Waals surface area contributed by atoms with Gasteiger partial charge in [-0.3, -0.25) is 0 Å². The summed E-state index contributed by atoms with van der Waals surface area (Å²) in [6.07, 6.45) is 7.65. The average Bonchev–Trinajstić information content (AvgIpc) is 2.90. The van der Waals surface area contributed by atoms with Crippen molar-refractivity contribution < 1.29 is 4.74 Å². The quantitative estimate of drug-likeness (QED) is 0.498. The molecule has 1 rings (SSSR count). The van der Waals surface area contributed by atoms with Crippen molar-refractivity contribution in [1.29, 1.82) is 0 Å². The van der Waals surface area contributed by atoms with Crippen molar-refractivity contribution in [1.82, 2.24) is 0 Å². The first kappa shape index (κ1) is 20.1. The van der Waals surface area contributed by atoms with Crippen LogP contribution in [-0.2, 0) is 4.74 Å². The van der Waals surface area contributed by atoms with Crippen molar-refractivity contribution in [3.63, 3.8) is 0 Å². The molecule has 0 saturated carbocycles. The molecule has 0 aromatic carbocycles. The Hall–Kier alpha value is 1.09. The Kier molecular flexibility index (Phi) is 7.46. The zero-order valence-corrected chi connectivity index (χ0v) is 19.0. The number of hydrogen-bond donors (Lipinski definition) is 0. The Morgan fingerprint density at radius 3 is 1.90 bits per heavy atom. The molecule has 126 valence electrons. The predicted octanol–water partition coefficient (Wildman–Crippen LogP) is 5.88. The van der Waals surface area contributed by atoms with Gasteiger partial charge in [-0.05, 0) is 25.4 Å². The van der Waals surface area contributed by atoms with Crippen LogP contribution in [0.1, 0.15) is 33.6 Å². The second-order valence-electron chi connectivity index (χ2n) is 7.48. The van der Waals surface area contributed by atoms with Gasteiger partial charge in [0.25, 0.3) is 0 Å². The molecule has 3 atom stereocenters. The van der Waals surface area contributed by atoms with Crippen LogP contribution >= 0.6 is 23.5 Å². The Balaban J connectivity index is 3.01. The largest absolute Gasteiger partial charge is 0.364 e. The third kappa shape index (κ3) is 3.78. The van der Waals surface area contributed by atoms with Gasteiger partial charge in [-0.25, -0.2) is 0 Å². The van der Waals surface area contributed by atoms with Gasteiger partial charge in [0.1, 0.15) is 4.56 Å². The Morgan fingerprint density at radius 2 is 1.62 bits per heavy atom. The van der Waals surface area contributed by atoms with Crippen LogP contribution < -0.4 is 0 Å². The second kappa shape index (κ2) is 7.78. The van der Waals surface area contributed by atoms with Gasteiger partial charge in [-0.1, -0.05) is 58.5 Å². The Bertz CT molecular complexity index is 320. The van der Waals surface area contributed by atoms with Crippen molar-refractivity contribution in [3.05, 3.63) is 0 Å². The fraction of sp³-hybridized carbons (Fsp3) is 1.00. The molecular formula is C16H36OS2Si2. The summed E-state index contributed by atoms with van der Waals surface area (Å²) < 4.78 is 7.02. The summed E-state index contributed by atoms with van der Waals surface area (Å²) in [5.74, 6) is 0. The van der Waals surface area contributed by atoms with Gasteiger partial charge in [0.2, 0.25) is 0 Å². The summed E-state index contributed by atoms with van der Waals surface area (Å²) >= 11 is 4.11. The van der Waals surface area contributed by atoms with E-state index in [2.05, 4.69) is 64.7 Å². The first-order chi connectivity index (χ1) is 9.75. The molecule has 1 fully saturated rings. The Morgan fingerprint density at radius 1 is 1.10 bits per heavy atom. The van der Waals surface area contributed by atoms with E-state index >= 15 is 0 Å². The third-order valence-electron chi connectivity index (χ3n) is 5.88. The molecule has 0 aliphatic carbocycles. The molecule has 3 unspecified atom stereocenters. The molecule has 21 heavy (non-hydrogen) atoms.